The van der Waals surface area contributed by atoms with E-state index in [1.807, 2.05) is 0 Å². The number of nitrogens with two attached hydrogens (primary N) is 5. The molecular formula is C21H39N9O7. The minimum absolute atomic E-state index is 0.0985. The molecule has 37 heavy (non-hydrogen) atoms. The Balaban J connectivity index is 5.44. The number of aliphatic imine (C=N–C) groups is 1. The molecule has 0 rings (SSSR count). The van der Waals surface area contributed by atoms with Crippen molar-refractivity contribution in [2.45, 2.75) is 76.5 Å². The number of carboxylic acid groups (broad SMARTS) is 1. The molecule has 0 spiro atoms. The van der Waals surface area contributed by atoms with Gasteiger partial charge in [0.25, 0.3) is 0 Å². The van der Waals surface area contributed by atoms with Crippen LogP contribution in [0.15, 0.2) is 4.99 Å². The van der Waals surface area contributed by atoms with Gasteiger partial charge in [0.1, 0.15) is 18.1 Å². The second-order valence-corrected chi connectivity index (χ2v) is 8.88. The summed E-state index contributed by atoms with van der Waals surface area (Å²) in [5.74, 6) is -5.74. The normalized spacial score (nSPS) is 13.9. The van der Waals surface area contributed by atoms with E-state index < -0.39 is 66.1 Å². The number of aliphatic carboxylic acids is 1. The number of carbonyl (C=O) groups excluding carboxylic acids is 5. The molecule has 16 heteroatoms. The average Bonchev–Trinajstić information content (AvgIpc) is 2.76. The minimum Gasteiger partial charge on any atom is -0.480 e. The van der Waals surface area contributed by atoms with Crippen molar-refractivity contribution >= 4 is 41.5 Å². The lowest BCUT2D eigenvalue weighted by molar-refractivity contribution is -0.143. The Kier molecular flexibility index (Phi) is 14.9. The zero-order chi connectivity index (χ0) is 28.7. The van der Waals surface area contributed by atoms with Crippen LogP contribution in [0.2, 0.25) is 0 Å². The van der Waals surface area contributed by atoms with Crippen LogP contribution >= 0.6 is 0 Å². The Morgan fingerprint density at radius 1 is 0.784 bits per heavy atom. The Hall–Kier alpha value is -3.95. The van der Waals surface area contributed by atoms with Crippen molar-refractivity contribution in [1.29, 1.82) is 0 Å². The summed E-state index contributed by atoms with van der Waals surface area (Å²) in [6.07, 6.45) is -0.465. The Morgan fingerprint density at radius 2 is 1.32 bits per heavy atom. The maximum atomic E-state index is 12.9. The largest absolute Gasteiger partial charge is 0.480 e. The van der Waals surface area contributed by atoms with Crippen molar-refractivity contribution in [2.24, 2.45) is 39.6 Å². The Morgan fingerprint density at radius 3 is 1.81 bits per heavy atom. The molecule has 0 fully saturated rings. The summed E-state index contributed by atoms with van der Waals surface area (Å²) in [6, 6.07) is -5.14. The van der Waals surface area contributed by atoms with Gasteiger partial charge >= 0.3 is 5.97 Å². The van der Waals surface area contributed by atoms with Crippen LogP contribution < -0.4 is 44.6 Å². The van der Waals surface area contributed by atoms with Crippen molar-refractivity contribution in [2.75, 3.05) is 6.54 Å². The number of hydrogen-bond acceptors (Lipinski definition) is 8. The van der Waals surface area contributed by atoms with Crippen molar-refractivity contribution in [3.63, 3.8) is 0 Å². The Bertz CT molecular complexity index is 859. The molecule has 5 amide bonds. The molecule has 0 heterocycles. The van der Waals surface area contributed by atoms with Gasteiger partial charge in [-0.05, 0) is 31.6 Å². The number of amides is 5. The number of hydrogen-bond donors (Lipinski definition) is 9. The molecule has 16 nitrogen and oxygen atoms in total. The molecule has 0 saturated carbocycles. The lowest BCUT2D eigenvalue weighted by Gasteiger charge is -2.25. The summed E-state index contributed by atoms with van der Waals surface area (Å²) < 4.78 is 0. The number of carboxylic acids is 1. The zero-order valence-corrected chi connectivity index (χ0v) is 21.1. The van der Waals surface area contributed by atoms with Crippen LogP contribution in [-0.2, 0) is 28.8 Å². The first kappa shape index (κ1) is 33.0. The maximum absolute atomic E-state index is 12.9. The number of primary amides is 2. The monoisotopic (exact) mass is 529 g/mol. The quantitative estimate of drug-likeness (QED) is 0.0472. The lowest BCUT2D eigenvalue weighted by atomic mass is 10.0. The minimum atomic E-state index is -1.44. The lowest BCUT2D eigenvalue weighted by Crippen LogP contribution is -2.58. The van der Waals surface area contributed by atoms with Crippen molar-refractivity contribution < 1.29 is 33.9 Å². The van der Waals surface area contributed by atoms with Crippen LogP contribution in [0.3, 0.4) is 0 Å². The van der Waals surface area contributed by atoms with Gasteiger partial charge in [-0.25, -0.2) is 4.79 Å². The van der Waals surface area contributed by atoms with Crippen molar-refractivity contribution in [3.8, 4) is 0 Å². The van der Waals surface area contributed by atoms with Crippen LogP contribution in [0.5, 0.6) is 0 Å². The first-order valence-corrected chi connectivity index (χ1v) is 11.6. The fraction of sp³-hybridized carbons (Fsp3) is 0.667. The van der Waals surface area contributed by atoms with Gasteiger partial charge in [0.05, 0.1) is 12.5 Å². The second-order valence-electron chi connectivity index (χ2n) is 8.88. The molecule has 210 valence electrons. The third-order valence-electron chi connectivity index (χ3n) is 4.98. The van der Waals surface area contributed by atoms with Gasteiger partial charge in [0.2, 0.25) is 29.5 Å². The highest BCUT2D eigenvalue weighted by Gasteiger charge is 2.31. The van der Waals surface area contributed by atoms with E-state index in [0.29, 0.717) is 6.42 Å². The zero-order valence-electron chi connectivity index (χ0n) is 21.1. The van der Waals surface area contributed by atoms with E-state index in [1.54, 1.807) is 13.8 Å². The van der Waals surface area contributed by atoms with Crippen molar-refractivity contribution in [1.82, 2.24) is 16.0 Å². The molecule has 0 aromatic heterocycles. The second kappa shape index (κ2) is 16.7. The summed E-state index contributed by atoms with van der Waals surface area (Å²) in [6.45, 7) is 3.76. The van der Waals surface area contributed by atoms with E-state index in [-0.39, 0.29) is 44.1 Å². The van der Waals surface area contributed by atoms with Gasteiger partial charge in [-0.15, -0.1) is 0 Å². The van der Waals surface area contributed by atoms with Gasteiger partial charge in [-0.3, -0.25) is 29.0 Å². The standard InChI is InChI=1S/C21H39N9O7/c1-10(2)8-13(18(34)28-12(20(36)37)5-6-15(23)31)30-19(35)14(9-16(24)32)29-17(33)11(22)4-3-7-27-21(25)26/h10-14H,3-9,22H2,1-2H3,(H2,23,31)(H2,24,32)(H,28,34)(H,29,33)(H,30,35)(H,36,37)(H4,25,26,27). The number of nitrogens with one attached hydrogen (secondary N) is 3. The van der Waals surface area contributed by atoms with Crippen LogP contribution in [0.25, 0.3) is 0 Å². The molecule has 0 aromatic carbocycles. The molecule has 4 unspecified atom stereocenters. The highest BCUT2D eigenvalue weighted by atomic mass is 16.4. The molecule has 0 saturated heterocycles. The van der Waals surface area contributed by atoms with E-state index in [2.05, 4.69) is 20.9 Å². The smallest absolute Gasteiger partial charge is 0.326 e. The summed E-state index contributed by atoms with van der Waals surface area (Å²) in [7, 11) is 0. The third-order valence-corrected chi connectivity index (χ3v) is 4.98. The molecule has 14 N–H and O–H groups in total. The fourth-order valence-corrected chi connectivity index (χ4v) is 3.13. The van der Waals surface area contributed by atoms with E-state index in [4.69, 9.17) is 28.7 Å². The summed E-state index contributed by atoms with van der Waals surface area (Å²) in [4.78, 5) is 76.0. The fourth-order valence-electron chi connectivity index (χ4n) is 3.13. The van der Waals surface area contributed by atoms with E-state index in [1.165, 1.54) is 0 Å². The molecule has 0 aliphatic heterocycles. The highest BCUT2D eigenvalue weighted by Crippen LogP contribution is 2.08. The van der Waals surface area contributed by atoms with E-state index in [0.717, 1.165) is 0 Å². The number of guanidine groups is 1. The molecule has 0 aliphatic rings. The molecule has 0 aliphatic carbocycles. The molecule has 0 bridgehead atoms. The van der Waals surface area contributed by atoms with Gasteiger partial charge in [-0.1, -0.05) is 13.8 Å². The SMILES string of the molecule is CC(C)CC(NC(=O)C(CC(N)=O)NC(=O)C(N)CCCN=C(N)N)C(=O)NC(CCC(N)=O)C(=O)O. The number of nitrogens with zero attached hydrogens (tertiary/aromatic N) is 1. The highest BCUT2D eigenvalue weighted by molar-refractivity contribution is 5.96. The van der Waals surface area contributed by atoms with Gasteiger partial charge in [0.15, 0.2) is 5.96 Å². The first-order valence-electron chi connectivity index (χ1n) is 11.6. The summed E-state index contributed by atoms with van der Waals surface area (Å²) in [5.41, 5.74) is 26.6. The van der Waals surface area contributed by atoms with Crippen LogP contribution in [0.4, 0.5) is 0 Å². The Labute approximate surface area is 214 Å². The summed E-state index contributed by atoms with van der Waals surface area (Å²) in [5, 5.41) is 16.4. The molecule has 4 atom stereocenters. The first-order chi connectivity index (χ1) is 17.1. The van der Waals surface area contributed by atoms with E-state index >= 15 is 0 Å². The van der Waals surface area contributed by atoms with Crippen molar-refractivity contribution in [3.05, 3.63) is 0 Å². The van der Waals surface area contributed by atoms with Gasteiger partial charge < -0.3 is 49.7 Å². The molecule has 0 radical (unpaired) electrons. The van der Waals surface area contributed by atoms with E-state index in [9.17, 15) is 33.9 Å². The average molecular weight is 530 g/mol. The summed E-state index contributed by atoms with van der Waals surface area (Å²) >= 11 is 0. The number of carbonyl (C=O) groups is 6. The molecular weight excluding hydrogens is 490 g/mol. The van der Waals surface area contributed by atoms with Gasteiger partial charge in [-0.2, -0.15) is 0 Å². The number of rotatable bonds is 18. The van der Waals surface area contributed by atoms with Gasteiger partial charge in [0, 0.05) is 13.0 Å². The predicted molar refractivity (Wildman–Crippen MR) is 133 cm³/mol. The maximum Gasteiger partial charge on any atom is 0.326 e. The van der Waals surface area contributed by atoms with Crippen LogP contribution in [0.1, 0.15) is 52.4 Å². The van der Waals surface area contributed by atoms with Crippen LogP contribution in [-0.4, -0.2) is 77.3 Å². The third kappa shape index (κ3) is 14.9. The topological polar surface area (TPSA) is 301 Å². The molecule has 0 aromatic rings. The predicted octanol–water partition coefficient (Wildman–Crippen LogP) is -3.91. The van der Waals surface area contributed by atoms with Crippen LogP contribution in [0, 0.1) is 5.92 Å².